The fraction of sp³-hybridized carbons (Fsp3) is 0.263. The van der Waals surface area contributed by atoms with Crippen molar-refractivity contribution in [3.8, 4) is 17.2 Å². The lowest BCUT2D eigenvalue weighted by Gasteiger charge is -2.17. The largest absolute Gasteiger partial charge is 0.486 e. The highest BCUT2D eigenvalue weighted by Crippen LogP contribution is 2.37. The van der Waals surface area contributed by atoms with Gasteiger partial charge in [0.05, 0.1) is 10.2 Å². The molecule has 1 atom stereocenters. The Morgan fingerprint density at radius 1 is 1.23 bits per heavy atom. The molecule has 0 bridgehead atoms. The summed E-state index contributed by atoms with van der Waals surface area (Å²) in [5, 5.41) is 3.34. The lowest BCUT2D eigenvalue weighted by Crippen LogP contribution is -2.30. The van der Waals surface area contributed by atoms with Gasteiger partial charge in [0, 0.05) is 12.1 Å². The number of hydrogen-bond acceptors (Lipinski definition) is 6. The van der Waals surface area contributed by atoms with Crippen LogP contribution in [-0.4, -0.2) is 30.2 Å². The normalized spacial score (nSPS) is 14.1. The number of carbonyl (C=O) groups is 1. The Labute approximate surface area is 154 Å². The molecule has 3 aromatic rings. The van der Waals surface area contributed by atoms with Crippen LogP contribution in [0, 0.1) is 6.92 Å². The number of fused-ring (bicyclic) bond motifs is 2. The van der Waals surface area contributed by atoms with E-state index >= 15 is 0 Å². The number of benzene rings is 2. The maximum atomic E-state index is 12.4. The maximum absolute atomic E-state index is 12.4. The molecule has 26 heavy (non-hydrogen) atoms. The summed E-state index contributed by atoms with van der Waals surface area (Å²) in [4.78, 5) is 16.9. The molecular formula is C19H18N2O4S. The third kappa shape index (κ3) is 3.43. The number of ether oxygens (including phenoxy) is 3. The summed E-state index contributed by atoms with van der Waals surface area (Å²) in [6, 6.07) is 11.3. The van der Waals surface area contributed by atoms with E-state index in [2.05, 4.69) is 10.3 Å². The molecule has 1 amide bonds. The number of amides is 1. The smallest absolute Gasteiger partial charge is 0.266 e. The summed E-state index contributed by atoms with van der Waals surface area (Å²) >= 11 is 1.39. The van der Waals surface area contributed by atoms with Gasteiger partial charge < -0.3 is 14.2 Å². The van der Waals surface area contributed by atoms with E-state index in [9.17, 15) is 4.79 Å². The lowest BCUT2D eigenvalue weighted by atomic mass is 10.2. The highest BCUT2D eigenvalue weighted by molar-refractivity contribution is 7.22. The zero-order valence-electron chi connectivity index (χ0n) is 14.4. The van der Waals surface area contributed by atoms with Crippen molar-refractivity contribution in [3.63, 3.8) is 0 Å². The van der Waals surface area contributed by atoms with E-state index in [1.54, 1.807) is 6.92 Å². The van der Waals surface area contributed by atoms with Crippen molar-refractivity contribution in [2.45, 2.75) is 20.0 Å². The Kier molecular flexibility index (Phi) is 4.38. The number of thiazole rings is 1. The summed E-state index contributed by atoms with van der Waals surface area (Å²) in [6.45, 7) is 4.76. The number of anilines is 1. The zero-order chi connectivity index (χ0) is 18.1. The quantitative estimate of drug-likeness (QED) is 0.757. The van der Waals surface area contributed by atoms with Crippen LogP contribution in [0.1, 0.15) is 12.5 Å². The lowest BCUT2D eigenvalue weighted by molar-refractivity contribution is -0.122. The minimum absolute atomic E-state index is 0.247. The minimum Gasteiger partial charge on any atom is -0.486 e. The number of aromatic nitrogens is 1. The second-order valence-electron chi connectivity index (χ2n) is 6.05. The van der Waals surface area contributed by atoms with Crippen LogP contribution in [0.15, 0.2) is 36.4 Å². The van der Waals surface area contributed by atoms with E-state index in [-0.39, 0.29) is 5.91 Å². The third-order valence-electron chi connectivity index (χ3n) is 3.95. The number of nitrogens with zero attached hydrogens (tertiary/aromatic N) is 1. The van der Waals surface area contributed by atoms with Crippen molar-refractivity contribution in [1.82, 2.24) is 4.98 Å². The molecule has 4 rings (SSSR count). The molecule has 1 aliphatic rings. The number of aryl methyl sites for hydroxylation is 1. The fourth-order valence-corrected chi connectivity index (χ4v) is 3.55. The van der Waals surface area contributed by atoms with Crippen molar-refractivity contribution in [2.24, 2.45) is 0 Å². The standard InChI is InChI=1S/C19H18N2O4S/c1-11-4-3-5-13(8-11)25-12(2)18(22)21-19-20-14-9-15-16(10-17(14)26-19)24-7-6-23-15/h3-5,8-10,12H,6-7H2,1-2H3,(H,20,21,22)/t12-/m1/s1. The Bertz CT molecular complexity index is 926. The number of hydrogen-bond donors (Lipinski definition) is 1. The first-order chi connectivity index (χ1) is 12.6. The van der Waals surface area contributed by atoms with Crippen LogP contribution >= 0.6 is 11.3 Å². The average Bonchev–Trinajstić information content (AvgIpc) is 3.00. The molecule has 1 aliphatic heterocycles. The van der Waals surface area contributed by atoms with Crippen LogP contribution in [0.4, 0.5) is 5.13 Å². The second-order valence-corrected chi connectivity index (χ2v) is 7.08. The number of carbonyl (C=O) groups excluding carboxylic acids is 1. The molecule has 0 radical (unpaired) electrons. The third-order valence-corrected chi connectivity index (χ3v) is 4.89. The summed E-state index contributed by atoms with van der Waals surface area (Å²) < 4.78 is 17.8. The zero-order valence-corrected chi connectivity index (χ0v) is 15.3. The summed E-state index contributed by atoms with van der Waals surface area (Å²) in [5.41, 5.74) is 1.84. The first-order valence-corrected chi connectivity index (χ1v) is 9.14. The molecule has 0 saturated heterocycles. The minimum atomic E-state index is -0.635. The van der Waals surface area contributed by atoms with Gasteiger partial charge in [-0.25, -0.2) is 4.98 Å². The van der Waals surface area contributed by atoms with Crippen LogP contribution in [0.3, 0.4) is 0 Å². The molecule has 0 spiro atoms. The molecule has 0 saturated carbocycles. The molecule has 2 aromatic carbocycles. The van der Waals surface area contributed by atoms with Crippen molar-refractivity contribution in [3.05, 3.63) is 42.0 Å². The highest BCUT2D eigenvalue weighted by atomic mass is 32.1. The van der Waals surface area contributed by atoms with Crippen molar-refractivity contribution >= 4 is 32.6 Å². The van der Waals surface area contributed by atoms with E-state index < -0.39 is 6.10 Å². The van der Waals surface area contributed by atoms with Gasteiger partial charge in [-0.1, -0.05) is 23.5 Å². The van der Waals surface area contributed by atoms with E-state index in [0.29, 0.717) is 35.6 Å². The van der Waals surface area contributed by atoms with E-state index in [4.69, 9.17) is 14.2 Å². The molecule has 6 nitrogen and oxygen atoms in total. The van der Waals surface area contributed by atoms with Gasteiger partial charge in [-0.05, 0) is 31.5 Å². The molecule has 0 unspecified atom stereocenters. The van der Waals surface area contributed by atoms with Gasteiger partial charge >= 0.3 is 0 Å². The summed E-state index contributed by atoms with van der Waals surface area (Å²) in [6.07, 6.45) is -0.635. The predicted molar refractivity (Wildman–Crippen MR) is 101 cm³/mol. The van der Waals surface area contributed by atoms with Gasteiger partial charge in [0.2, 0.25) is 0 Å². The van der Waals surface area contributed by atoms with Gasteiger partial charge in [-0.3, -0.25) is 10.1 Å². The molecular weight excluding hydrogens is 352 g/mol. The second kappa shape index (κ2) is 6.84. The van der Waals surface area contributed by atoms with Gasteiger partial charge in [-0.2, -0.15) is 0 Å². The molecule has 1 aromatic heterocycles. The number of nitrogens with one attached hydrogen (secondary N) is 1. The van der Waals surface area contributed by atoms with E-state index in [0.717, 1.165) is 15.8 Å². The first kappa shape index (κ1) is 16.7. The Hall–Kier alpha value is -2.80. The monoisotopic (exact) mass is 370 g/mol. The van der Waals surface area contributed by atoms with Gasteiger partial charge in [0.25, 0.3) is 5.91 Å². The van der Waals surface area contributed by atoms with Gasteiger partial charge in [-0.15, -0.1) is 0 Å². The molecule has 7 heteroatoms. The Balaban J connectivity index is 1.48. The predicted octanol–water partition coefficient (Wildman–Crippen LogP) is 3.78. The van der Waals surface area contributed by atoms with Crippen molar-refractivity contribution < 1.29 is 19.0 Å². The summed E-state index contributed by atoms with van der Waals surface area (Å²) in [5.74, 6) is 1.81. The Morgan fingerprint density at radius 2 is 2.00 bits per heavy atom. The molecule has 1 N–H and O–H groups in total. The SMILES string of the molecule is Cc1cccc(O[C@H](C)C(=O)Nc2nc3cc4c(cc3s2)OCCO4)c1. The summed E-state index contributed by atoms with van der Waals surface area (Å²) in [7, 11) is 0. The molecule has 134 valence electrons. The van der Waals surface area contributed by atoms with Crippen LogP contribution in [0.25, 0.3) is 10.2 Å². The van der Waals surface area contributed by atoms with Crippen molar-refractivity contribution in [1.29, 1.82) is 0 Å². The molecule has 0 fully saturated rings. The topological polar surface area (TPSA) is 69.7 Å². The fourth-order valence-electron chi connectivity index (χ4n) is 2.67. The molecule has 2 heterocycles. The maximum Gasteiger partial charge on any atom is 0.266 e. The molecule has 0 aliphatic carbocycles. The van der Waals surface area contributed by atoms with Gasteiger partial charge in [0.1, 0.15) is 19.0 Å². The van der Waals surface area contributed by atoms with Crippen LogP contribution in [0.2, 0.25) is 0 Å². The highest BCUT2D eigenvalue weighted by Gasteiger charge is 2.19. The first-order valence-electron chi connectivity index (χ1n) is 8.33. The average molecular weight is 370 g/mol. The van der Waals surface area contributed by atoms with Crippen LogP contribution in [0.5, 0.6) is 17.2 Å². The number of rotatable bonds is 4. The van der Waals surface area contributed by atoms with Crippen LogP contribution < -0.4 is 19.5 Å². The van der Waals surface area contributed by atoms with E-state index in [1.165, 1.54) is 11.3 Å². The van der Waals surface area contributed by atoms with Crippen molar-refractivity contribution in [2.75, 3.05) is 18.5 Å². The van der Waals surface area contributed by atoms with E-state index in [1.807, 2.05) is 43.3 Å². The van der Waals surface area contributed by atoms with Crippen LogP contribution in [-0.2, 0) is 4.79 Å². The van der Waals surface area contributed by atoms with Gasteiger partial charge in [0.15, 0.2) is 22.7 Å². The Morgan fingerprint density at radius 3 is 2.77 bits per heavy atom.